The van der Waals surface area contributed by atoms with Gasteiger partial charge in [0, 0.05) is 12.0 Å². The highest BCUT2D eigenvalue weighted by Gasteiger charge is 2.32. The van der Waals surface area contributed by atoms with Gasteiger partial charge in [-0.25, -0.2) is 0 Å². The monoisotopic (exact) mass is 225 g/mol. The Morgan fingerprint density at radius 2 is 1.69 bits per heavy atom. The number of hydrogen-bond acceptors (Lipinski definition) is 2. The van der Waals surface area contributed by atoms with E-state index in [9.17, 15) is 9.59 Å². The molecule has 4 nitrogen and oxygen atoms in total. The first-order valence-corrected chi connectivity index (χ1v) is 6.20. The van der Waals surface area contributed by atoms with Crippen LogP contribution in [-0.4, -0.2) is 23.0 Å². The van der Waals surface area contributed by atoms with Crippen LogP contribution in [0, 0.1) is 11.8 Å². The lowest BCUT2D eigenvalue weighted by Crippen LogP contribution is -2.37. The summed E-state index contributed by atoms with van der Waals surface area (Å²) in [4.78, 5) is 22.6. The second-order valence-corrected chi connectivity index (χ2v) is 5.04. The molecule has 2 aliphatic carbocycles. The zero-order valence-corrected chi connectivity index (χ0v) is 9.45. The fourth-order valence-electron chi connectivity index (χ4n) is 2.84. The van der Waals surface area contributed by atoms with E-state index in [2.05, 4.69) is 5.32 Å². The van der Waals surface area contributed by atoms with Crippen LogP contribution in [0.4, 0.5) is 0 Å². The molecule has 0 spiro atoms. The van der Waals surface area contributed by atoms with E-state index in [-0.39, 0.29) is 23.8 Å². The van der Waals surface area contributed by atoms with Gasteiger partial charge in [-0.05, 0) is 32.1 Å². The maximum absolute atomic E-state index is 11.8. The van der Waals surface area contributed by atoms with E-state index >= 15 is 0 Å². The van der Waals surface area contributed by atoms with Gasteiger partial charge in [-0.2, -0.15) is 0 Å². The van der Waals surface area contributed by atoms with Crippen LogP contribution in [0.5, 0.6) is 0 Å². The number of carboxylic acid groups (broad SMARTS) is 1. The lowest BCUT2D eigenvalue weighted by Gasteiger charge is -2.15. The number of amides is 1. The normalized spacial score (nSPS) is 30.5. The Morgan fingerprint density at radius 1 is 1.00 bits per heavy atom. The highest BCUT2D eigenvalue weighted by atomic mass is 16.4. The van der Waals surface area contributed by atoms with Crippen molar-refractivity contribution in [1.29, 1.82) is 0 Å². The molecule has 0 saturated heterocycles. The molecule has 2 atom stereocenters. The smallest absolute Gasteiger partial charge is 0.306 e. The van der Waals surface area contributed by atoms with Crippen molar-refractivity contribution in [2.24, 2.45) is 11.8 Å². The molecule has 1 amide bonds. The first-order valence-electron chi connectivity index (χ1n) is 6.20. The van der Waals surface area contributed by atoms with Crippen molar-refractivity contribution in [3.8, 4) is 0 Å². The van der Waals surface area contributed by atoms with Gasteiger partial charge in [0.2, 0.25) is 5.91 Å². The molecule has 0 heterocycles. The average molecular weight is 225 g/mol. The van der Waals surface area contributed by atoms with Gasteiger partial charge in [0.15, 0.2) is 0 Å². The van der Waals surface area contributed by atoms with Gasteiger partial charge in [0.25, 0.3) is 0 Å². The van der Waals surface area contributed by atoms with E-state index < -0.39 is 5.97 Å². The lowest BCUT2D eigenvalue weighted by atomic mass is 10.1. The Balaban J connectivity index is 1.78. The Labute approximate surface area is 95.4 Å². The number of rotatable bonds is 3. The summed E-state index contributed by atoms with van der Waals surface area (Å²) >= 11 is 0. The van der Waals surface area contributed by atoms with E-state index in [1.54, 1.807) is 0 Å². The maximum atomic E-state index is 11.8. The van der Waals surface area contributed by atoms with Gasteiger partial charge in [-0.1, -0.05) is 12.8 Å². The zero-order chi connectivity index (χ0) is 11.5. The van der Waals surface area contributed by atoms with E-state index in [0.717, 1.165) is 32.1 Å². The summed E-state index contributed by atoms with van der Waals surface area (Å²) in [6.07, 6.45) is 6.43. The van der Waals surface area contributed by atoms with Crippen molar-refractivity contribution in [1.82, 2.24) is 5.32 Å². The van der Waals surface area contributed by atoms with Crippen molar-refractivity contribution >= 4 is 11.9 Å². The topological polar surface area (TPSA) is 66.4 Å². The number of carbonyl (C=O) groups is 2. The maximum Gasteiger partial charge on any atom is 0.306 e. The van der Waals surface area contributed by atoms with Crippen molar-refractivity contribution in [3.63, 3.8) is 0 Å². The molecule has 16 heavy (non-hydrogen) atoms. The molecule has 2 fully saturated rings. The highest BCUT2D eigenvalue weighted by Crippen LogP contribution is 2.28. The number of nitrogens with one attached hydrogen (secondary N) is 1. The Kier molecular flexibility index (Phi) is 3.46. The minimum atomic E-state index is -0.724. The molecule has 4 heteroatoms. The standard InChI is InChI=1S/C12H19NO3/c14-11(8-3-1-2-4-8)13-10-6-5-9(7-10)12(15)16/h8-10H,1-7H2,(H,13,14)(H,15,16)/t9-,10+/m0/s1. The van der Waals surface area contributed by atoms with Gasteiger partial charge in [0.1, 0.15) is 0 Å². The van der Waals surface area contributed by atoms with E-state index in [1.165, 1.54) is 0 Å². The summed E-state index contributed by atoms with van der Waals surface area (Å²) in [6.45, 7) is 0. The molecule has 2 rings (SSSR count). The summed E-state index contributed by atoms with van der Waals surface area (Å²) in [5.74, 6) is -0.649. The second kappa shape index (κ2) is 4.85. The van der Waals surface area contributed by atoms with Crippen LogP contribution < -0.4 is 5.32 Å². The fourth-order valence-corrected chi connectivity index (χ4v) is 2.84. The predicted octanol–water partition coefficient (Wildman–Crippen LogP) is 1.55. The summed E-state index contributed by atoms with van der Waals surface area (Å²) < 4.78 is 0. The fraction of sp³-hybridized carbons (Fsp3) is 0.833. The molecule has 0 aromatic heterocycles. The quantitative estimate of drug-likeness (QED) is 0.765. The molecule has 0 aromatic carbocycles. The van der Waals surface area contributed by atoms with E-state index in [0.29, 0.717) is 12.8 Å². The van der Waals surface area contributed by atoms with Crippen LogP contribution in [0.2, 0.25) is 0 Å². The molecule has 2 N–H and O–H groups in total. The summed E-state index contributed by atoms with van der Waals surface area (Å²) in [5, 5.41) is 11.9. The second-order valence-electron chi connectivity index (χ2n) is 5.04. The molecule has 0 radical (unpaired) electrons. The summed E-state index contributed by atoms with van der Waals surface area (Å²) in [7, 11) is 0. The first kappa shape index (κ1) is 11.4. The summed E-state index contributed by atoms with van der Waals surface area (Å²) in [5.41, 5.74) is 0. The van der Waals surface area contributed by atoms with E-state index in [4.69, 9.17) is 5.11 Å². The molecule has 2 saturated carbocycles. The molecule has 90 valence electrons. The molecule has 0 bridgehead atoms. The van der Waals surface area contributed by atoms with Crippen LogP contribution >= 0.6 is 0 Å². The molecular formula is C12H19NO3. The largest absolute Gasteiger partial charge is 0.481 e. The van der Waals surface area contributed by atoms with Crippen molar-refractivity contribution in [3.05, 3.63) is 0 Å². The number of hydrogen-bond donors (Lipinski definition) is 2. The Bertz CT molecular complexity index is 284. The lowest BCUT2D eigenvalue weighted by molar-refractivity contribution is -0.141. The van der Waals surface area contributed by atoms with E-state index in [1.807, 2.05) is 0 Å². The molecular weight excluding hydrogens is 206 g/mol. The average Bonchev–Trinajstić information content (AvgIpc) is 2.87. The highest BCUT2D eigenvalue weighted by molar-refractivity contribution is 5.79. The summed E-state index contributed by atoms with van der Waals surface area (Å²) in [6, 6.07) is 0.0919. The van der Waals surface area contributed by atoms with Crippen molar-refractivity contribution in [2.45, 2.75) is 51.0 Å². The third kappa shape index (κ3) is 2.54. The minimum Gasteiger partial charge on any atom is -0.481 e. The molecule has 2 aliphatic rings. The Hall–Kier alpha value is -1.06. The SMILES string of the molecule is O=C(N[C@@H]1CC[C@H](C(=O)O)C1)C1CCCC1. The van der Waals surface area contributed by atoms with Gasteiger partial charge < -0.3 is 10.4 Å². The van der Waals surface area contributed by atoms with Crippen LogP contribution in [0.1, 0.15) is 44.9 Å². The van der Waals surface area contributed by atoms with Gasteiger partial charge in [-0.15, -0.1) is 0 Å². The molecule has 0 aromatic rings. The number of carbonyl (C=O) groups excluding carboxylic acids is 1. The first-order chi connectivity index (χ1) is 7.66. The van der Waals surface area contributed by atoms with Crippen LogP contribution in [-0.2, 0) is 9.59 Å². The van der Waals surface area contributed by atoms with Gasteiger partial charge >= 0.3 is 5.97 Å². The molecule has 0 aliphatic heterocycles. The number of aliphatic carboxylic acids is 1. The van der Waals surface area contributed by atoms with Gasteiger partial charge in [-0.3, -0.25) is 9.59 Å². The van der Waals surface area contributed by atoms with Crippen LogP contribution in [0.15, 0.2) is 0 Å². The number of carboxylic acids is 1. The third-order valence-electron chi connectivity index (χ3n) is 3.85. The predicted molar refractivity (Wildman–Crippen MR) is 58.9 cm³/mol. The Morgan fingerprint density at radius 3 is 2.25 bits per heavy atom. The van der Waals surface area contributed by atoms with Gasteiger partial charge in [0.05, 0.1) is 5.92 Å². The third-order valence-corrected chi connectivity index (χ3v) is 3.85. The van der Waals surface area contributed by atoms with Crippen LogP contribution in [0.3, 0.4) is 0 Å². The minimum absolute atomic E-state index is 0.0919. The van der Waals surface area contributed by atoms with Crippen molar-refractivity contribution < 1.29 is 14.7 Å². The van der Waals surface area contributed by atoms with Crippen molar-refractivity contribution in [2.75, 3.05) is 0 Å². The van der Waals surface area contributed by atoms with Crippen LogP contribution in [0.25, 0.3) is 0 Å². The zero-order valence-electron chi connectivity index (χ0n) is 9.45. The molecule has 0 unspecified atom stereocenters.